The Hall–Kier alpha value is -1.16. The molecule has 4 N–H and O–H groups in total. The van der Waals surface area contributed by atoms with Gasteiger partial charge in [0.2, 0.25) is 0 Å². The highest BCUT2D eigenvalue weighted by molar-refractivity contribution is 6.28. The van der Waals surface area contributed by atoms with Crippen molar-refractivity contribution in [1.82, 2.24) is 0 Å². The van der Waals surface area contributed by atoms with Crippen LogP contribution in [0.25, 0.3) is 0 Å². The minimum absolute atomic E-state index is 0.0776. The number of amides is 1. The van der Waals surface area contributed by atoms with Crippen LogP contribution in [0.5, 0.6) is 0 Å². The summed E-state index contributed by atoms with van der Waals surface area (Å²) in [6, 6.07) is 0. The highest BCUT2D eigenvalue weighted by Crippen LogP contribution is 2.15. The van der Waals surface area contributed by atoms with E-state index in [-0.39, 0.29) is 5.22 Å². The predicted octanol–water partition coefficient (Wildman–Crippen LogP) is -0.207. The Balaban J connectivity index is 2.79. The van der Waals surface area contributed by atoms with Crippen LogP contribution in [0.1, 0.15) is 0 Å². The molecule has 1 aliphatic rings. The zero-order valence-corrected chi connectivity index (χ0v) is 6.34. The maximum absolute atomic E-state index is 10.6. The average molecular weight is 175 g/mol. The van der Waals surface area contributed by atoms with Crippen molar-refractivity contribution in [3.05, 3.63) is 23.1 Å². The lowest BCUT2D eigenvalue weighted by Gasteiger charge is -2.15. The van der Waals surface area contributed by atoms with Crippen molar-refractivity contribution in [2.24, 2.45) is 11.5 Å². The fourth-order valence-electron chi connectivity index (χ4n) is 0.683. The van der Waals surface area contributed by atoms with Crippen LogP contribution in [0.2, 0.25) is 0 Å². The summed E-state index contributed by atoms with van der Waals surface area (Å²) in [5, 5.41) is 0.0776. The molecule has 4 nitrogen and oxygen atoms in total. The molecule has 0 saturated carbocycles. The van der Waals surface area contributed by atoms with Gasteiger partial charge in [0.15, 0.2) is 11.3 Å². The summed E-state index contributed by atoms with van der Waals surface area (Å²) in [7, 11) is 0. The molecule has 0 radical (unpaired) electrons. The fourth-order valence-corrected chi connectivity index (χ4v) is 0.905. The molecule has 0 aliphatic carbocycles. The van der Waals surface area contributed by atoms with Gasteiger partial charge < -0.3 is 16.2 Å². The van der Waals surface area contributed by atoms with Crippen molar-refractivity contribution >= 4 is 17.5 Å². The number of carbonyl (C=O) groups excluding carboxylic acids is 1. The third-order valence-corrected chi connectivity index (χ3v) is 1.34. The lowest BCUT2D eigenvalue weighted by molar-refractivity contribution is -0.124. The lowest BCUT2D eigenvalue weighted by atomic mass is 10.2. The second kappa shape index (κ2) is 2.84. The minimum atomic E-state index is -0.840. The first-order chi connectivity index (χ1) is 5.09. The molecule has 0 spiro atoms. The fraction of sp³-hybridized carbons (Fsp3) is 0.167. The third-order valence-electron chi connectivity index (χ3n) is 1.14. The predicted molar refractivity (Wildman–Crippen MR) is 40.3 cm³/mol. The van der Waals surface area contributed by atoms with Crippen LogP contribution in [0.15, 0.2) is 23.1 Å². The van der Waals surface area contributed by atoms with Gasteiger partial charge in [0, 0.05) is 11.8 Å². The maximum Gasteiger partial charge on any atom is 0.262 e. The van der Waals surface area contributed by atoms with E-state index >= 15 is 0 Å². The Morgan fingerprint density at radius 1 is 1.73 bits per heavy atom. The third kappa shape index (κ3) is 1.88. The highest BCUT2D eigenvalue weighted by atomic mass is 35.5. The Labute approximate surface area is 68.4 Å². The summed E-state index contributed by atoms with van der Waals surface area (Å²) >= 11 is 5.46. The number of primary amides is 1. The van der Waals surface area contributed by atoms with Crippen LogP contribution in [0, 0.1) is 0 Å². The van der Waals surface area contributed by atoms with Crippen molar-refractivity contribution in [1.29, 1.82) is 0 Å². The summed E-state index contributed by atoms with van der Waals surface area (Å²) < 4.78 is 4.81. The molecule has 0 aromatic carbocycles. The standard InChI is InChI=1S/C6H7ClN2O2/c7-5-2-3(8)1-4(11-5)6(9)10/h1-2,4H,8H2,(H2,9,10). The van der Waals surface area contributed by atoms with E-state index < -0.39 is 12.0 Å². The smallest absolute Gasteiger partial charge is 0.262 e. The molecule has 0 aromatic heterocycles. The van der Waals surface area contributed by atoms with E-state index in [2.05, 4.69) is 0 Å². The van der Waals surface area contributed by atoms with Gasteiger partial charge in [0.05, 0.1) is 0 Å². The number of allylic oxidation sites excluding steroid dienone is 1. The summed E-state index contributed by atoms with van der Waals surface area (Å²) in [4.78, 5) is 10.6. The van der Waals surface area contributed by atoms with Gasteiger partial charge in [0.1, 0.15) is 0 Å². The van der Waals surface area contributed by atoms with Gasteiger partial charge in [0.25, 0.3) is 5.91 Å². The monoisotopic (exact) mass is 174 g/mol. The quantitative estimate of drug-likeness (QED) is 0.578. The number of ether oxygens (including phenoxy) is 1. The van der Waals surface area contributed by atoms with Crippen LogP contribution >= 0.6 is 11.6 Å². The summed E-state index contributed by atoms with van der Waals surface area (Å²) in [5.74, 6) is -0.612. The van der Waals surface area contributed by atoms with E-state index in [4.69, 9.17) is 27.8 Å². The number of hydrogen-bond donors (Lipinski definition) is 2. The second-order valence-electron chi connectivity index (χ2n) is 2.06. The zero-order valence-electron chi connectivity index (χ0n) is 5.58. The van der Waals surface area contributed by atoms with Crippen molar-refractivity contribution < 1.29 is 9.53 Å². The van der Waals surface area contributed by atoms with Crippen molar-refractivity contribution in [3.8, 4) is 0 Å². The van der Waals surface area contributed by atoms with Gasteiger partial charge in [-0.2, -0.15) is 0 Å². The molecule has 0 bridgehead atoms. The summed E-state index contributed by atoms with van der Waals surface area (Å²) in [6.07, 6.45) is 1.96. The second-order valence-corrected chi connectivity index (χ2v) is 2.43. The molecular weight excluding hydrogens is 168 g/mol. The molecule has 60 valence electrons. The molecule has 0 aromatic rings. The molecule has 0 saturated heterocycles. The van der Waals surface area contributed by atoms with E-state index in [1.54, 1.807) is 0 Å². The highest BCUT2D eigenvalue weighted by Gasteiger charge is 2.18. The Kier molecular flexibility index (Phi) is 2.05. The van der Waals surface area contributed by atoms with Gasteiger partial charge in [-0.1, -0.05) is 0 Å². The molecule has 1 amide bonds. The van der Waals surface area contributed by atoms with Crippen LogP contribution in [0.4, 0.5) is 0 Å². The SMILES string of the molecule is NC(=O)C1C=C(N)C=C(Cl)O1. The number of carbonyl (C=O) groups is 1. The first-order valence-corrected chi connectivity index (χ1v) is 3.28. The maximum atomic E-state index is 10.6. The normalized spacial score (nSPS) is 23.2. The van der Waals surface area contributed by atoms with Gasteiger partial charge in [-0.25, -0.2) is 0 Å². The Bertz CT molecular complexity index is 247. The first kappa shape index (κ1) is 7.94. The van der Waals surface area contributed by atoms with Gasteiger partial charge in [-0.3, -0.25) is 4.79 Å². The molecule has 0 fully saturated rings. The minimum Gasteiger partial charge on any atom is -0.465 e. The van der Waals surface area contributed by atoms with E-state index in [0.717, 1.165) is 0 Å². The van der Waals surface area contributed by atoms with Crippen LogP contribution < -0.4 is 11.5 Å². The van der Waals surface area contributed by atoms with Crippen LogP contribution in [-0.4, -0.2) is 12.0 Å². The molecule has 5 heteroatoms. The Morgan fingerprint density at radius 2 is 2.36 bits per heavy atom. The first-order valence-electron chi connectivity index (χ1n) is 2.90. The molecule has 1 aliphatic heterocycles. The van der Waals surface area contributed by atoms with Crippen molar-refractivity contribution in [3.63, 3.8) is 0 Å². The summed E-state index contributed by atoms with van der Waals surface area (Å²) in [6.45, 7) is 0. The number of nitrogens with two attached hydrogens (primary N) is 2. The largest absolute Gasteiger partial charge is 0.465 e. The van der Waals surface area contributed by atoms with Crippen LogP contribution in [-0.2, 0) is 9.53 Å². The number of hydrogen-bond acceptors (Lipinski definition) is 3. The number of rotatable bonds is 1. The van der Waals surface area contributed by atoms with Gasteiger partial charge in [-0.15, -0.1) is 0 Å². The van der Waals surface area contributed by atoms with E-state index in [1.165, 1.54) is 12.2 Å². The molecular formula is C6H7ClN2O2. The van der Waals surface area contributed by atoms with Crippen LogP contribution in [0.3, 0.4) is 0 Å². The van der Waals surface area contributed by atoms with Gasteiger partial charge in [-0.05, 0) is 17.7 Å². The molecule has 1 atom stereocenters. The lowest BCUT2D eigenvalue weighted by Crippen LogP contribution is -2.31. The summed E-state index contributed by atoms with van der Waals surface area (Å²) in [5.41, 5.74) is 10.7. The zero-order chi connectivity index (χ0) is 8.43. The van der Waals surface area contributed by atoms with E-state index in [1.807, 2.05) is 0 Å². The molecule has 1 rings (SSSR count). The average Bonchev–Trinajstić information content (AvgIpc) is 1.85. The molecule has 1 unspecified atom stereocenters. The van der Waals surface area contributed by atoms with Crippen molar-refractivity contribution in [2.45, 2.75) is 6.10 Å². The molecule has 1 heterocycles. The Morgan fingerprint density at radius 3 is 2.82 bits per heavy atom. The van der Waals surface area contributed by atoms with E-state index in [0.29, 0.717) is 5.70 Å². The van der Waals surface area contributed by atoms with E-state index in [9.17, 15) is 4.79 Å². The molecule has 11 heavy (non-hydrogen) atoms. The van der Waals surface area contributed by atoms with Gasteiger partial charge >= 0.3 is 0 Å². The topological polar surface area (TPSA) is 78.3 Å². The van der Waals surface area contributed by atoms with Crippen molar-refractivity contribution in [2.75, 3.05) is 0 Å². The number of halogens is 1.